The zero-order valence-electron chi connectivity index (χ0n) is 16.4. The van der Waals surface area contributed by atoms with Crippen LogP contribution in [0.25, 0.3) is 0 Å². The van der Waals surface area contributed by atoms with Gasteiger partial charge >= 0.3 is 6.18 Å². The average Bonchev–Trinajstić information content (AvgIpc) is 2.65. The Kier molecular flexibility index (Phi) is 7.95. The van der Waals surface area contributed by atoms with Crippen molar-refractivity contribution in [3.05, 3.63) is 42.5 Å². The Labute approximate surface area is 172 Å². The van der Waals surface area contributed by atoms with Gasteiger partial charge in [0.15, 0.2) is 0 Å². The average molecular weight is 424 g/mol. The molecule has 0 aliphatic carbocycles. The summed E-state index contributed by atoms with van der Waals surface area (Å²) in [5, 5.41) is 5.79. The minimum atomic E-state index is -4.48. The zero-order chi connectivity index (χ0) is 21.4. The molecule has 0 aliphatic rings. The molecule has 0 fully saturated rings. The molecule has 0 atom stereocenters. The van der Waals surface area contributed by atoms with Crippen molar-refractivity contribution < 1.29 is 18.0 Å². The number of carbonyl (C=O) groups excluding carboxylic acids is 1. The van der Waals surface area contributed by atoms with Crippen LogP contribution < -0.4 is 14.9 Å². The molecule has 5 nitrogen and oxygen atoms in total. The van der Waals surface area contributed by atoms with Crippen molar-refractivity contribution in [3.63, 3.8) is 0 Å². The summed E-state index contributed by atoms with van der Waals surface area (Å²) < 4.78 is 39.6. The predicted molar refractivity (Wildman–Crippen MR) is 114 cm³/mol. The van der Waals surface area contributed by atoms with Gasteiger partial charge in [0.1, 0.15) is 6.21 Å². The Morgan fingerprint density at radius 3 is 2.48 bits per heavy atom. The molecule has 156 valence electrons. The quantitative estimate of drug-likeness (QED) is 0.411. The normalized spacial score (nSPS) is 11.5. The van der Waals surface area contributed by atoms with Crippen molar-refractivity contribution in [2.45, 2.75) is 31.3 Å². The summed E-state index contributed by atoms with van der Waals surface area (Å²) >= 11 is 1.41. The minimum Gasteiger partial charge on any atom is -0.383 e. The molecule has 0 aliphatic heterocycles. The molecular formula is C20H23F3N4OS. The fourth-order valence-corrected chi connectivity index (χ4v) is 3.18. The number of hydrogen-bond acceptors (Lipinski definition) is 5. The maximum absolute atomic E-state index is 12.6. The molecule has 0 radical (unpaired) electrons. The van der Waals surface area contributed by atoms with E-state index < -0.39 is 6.18 Å². The molecule has 2 rings (SSSR count). The van der Waals surface area contributed by atoms with Crippen LogP contribution in [0.5, 0.6) is 0 Å². The topological polar surface area (TPSA) is 56.7 Å². The van der Waals surface area contributed by atoms with Crippen LogP contribution in [0, 0.1) is 0 Å². The molecule has 2 aromatic rings. The number of nitrogens with one attached hydrogen (secondary N) is 2. The highest BCUT2D eigenvalue weighted by molar-refractivity contribution is 8.00. The molecular weight excluding hydrogens is 401 g/mol. The Morgan fingerprint density at radius 2 is 1.90 bits per heavy atom. The van der Waals surface area contributed by atoms with E-state index in [9.17, 15) is 18.0 Å². The number of carbonyl (C=O) groups is 1. The largest absolute Gasteiger partial charge is 0.426 e. The van der Waals surface area contributed by atoms with Crippen molar-refractivity contribution in [1.29, 1.82) is 0 Å². The lowest BCUT2D eigenvalue weighted by atomic mass is 10.2. The number of rotatable bonds is 8. The molecule has 0 spiro atoms. The molecule has 0 aromatic heterocycles. The highest BCUT2D eigenvalue weighted by atomic mass is 32.2. The first-order valence-electron chi connectivity index (χ1n) is 8.97. The van der Waals surface area contributed by atoms with Crippen LogP contribution in [-0.4, -0.2) is 31.9 Å². The van der Waals surface area contributed by atoms with Crippen molar-refractivity contribution in [2.24, 2.45) is 4.99 Å². The second-order valence-corrected chi connectivity index (χ2v) is 7.42. The van der Waals surface area contributed by atoms with Crippen LogP contribution in [0.3, 0.4) is 0 Å². The van der Waals surface area contributed by atoms with Gasteiger partial charge in [-0.3, -0.25) is 4.79 Å². The van der Waals surface area contributed by atoms with E-state index in [1.54, 1.807) is 24.3 Å². The number of benzene rings is 2. The van der Waals surface area contributed by atoms with E-state index in [1.165, 1.54) is 18.9 Å². The number of amides is 1. The first-order valence-corrected chi connectivity index (χ1v) is 9.74. The van der Waals surface area contributed by atoms with Gasteiger partial charge in [0, 0.05) is 36.8 Å². The summed E-state index contributed by atoms with van der Waals surface area (Å²) in [6.45, 7) is 4.05. The number of anilines is 3. The van der Waals surface area contributed by atoms with Gasteiger partial charge in [0.2, 0.25) is 5.91 Å². The van der Waals surface area contributed by atoms with E-state index >= 15 is 0 Å². The molecule has 0 saturated carbocycles. The molecule has 2 N–H and O–H groups in total. The standard InChI is InChI=1S/C20H23F3N4OS/c1-4-11-24-18-10-7-16(12-19(18)25-13-20(21,22)23)27(3)29-17-8-5-15(6-9-17)26-14(2)28/h5-10,12-13,24H,4,11H2,1-3H3,(H,26,28). The monoisotopic (exact) mass is 424 g/mol. The summed E-state index contributed by atoms with van der Waals surface area (Å²) in [5.74, 6) is -0.147. The van der Waals surface area contributed by atoms with Crippen molar-refractivity contribution in [3.8, 4) is 0 Å². The van der Waals surface area contributed by atoms with E-state index in [1.807, 2.05) is 36.5 Å². The first-order chi connectivity index (χ1) is 13.7. The lowest BCUT2D eigenvalue weighted by molar-refractivity contribution is -0.114. The highest BCUT2D eigenvalue weighted by Crippen LogP contribution is 2.34. The fraction of sp³-hybridized carbons (Fsp3) is 0.300. The minimum absolute atomic E-state index is 0.00285. The second kappa shape index (κ2) is 10.2. The smallest absolute Gasteiger partial charge is 0.383 e. The number of aliphatic imine (C=N–C) groups is 1. The van der Waals surface area contributed by atoms with Gasteiger partial charge in [0.05, 0.1) is 11.4 Å². The molecule has 0 bridgehead atoms. The van der Waals surface area contributed by atoms with Crippen molar-refractivity contribution in [1.82, 2.24) is 0 Å². The predicted octanol–water partition coefficient (Wildman–Crippen LogP) is 5.88. The molecule has 29 heavy (non-hydrogen) atoms. The Bertz CT molecular complexity index is 854. The van der Waals surface area contributed by atoms with Gasteiger partial charge in [-0.1, -0.05) is 6.92 Å². The summed E-state index contributed by atoms with van der Waals surface area (Å²) in [7, 11) is 1.82. The first kappa shape index (κ1) is 22.6. The van der Waals surface area contributed by atoms with Crippen LogP contribution in [0.4, 0.5) is 35.9 Å². The van der Waals surface area contributed by atoms with Gasteiger partial charge in [-0.05, 0) is 60.8 Å². The van der Waals surface area contributed by atoms with Crippen molar-refractivity contribution in [2.75, 3.05) is 28.5 Å². The summed E-state index contributed by atoms with van der Waals surface area (Å²) in [6.07, 6.45) is -3.64. The van der Waals surface area contributed by atoms with Gasteiger partial charge in [-0.25, -0.2) is 4.99 Å². The number of halogens is 3. The highest BCUT2D eigenvalue weighted by Gasteiger charge is 2.24. The molecule has 2 aromatic carbocycles. The molecule has 0 heterocycles. The number of alkyl halides is 3. The van der Waals surface area contributed by atoms with E-state index in [0.717, 1.165) is 11.3 Å². The Balaban J connectivity index is 2.19. The van der Waals surface area contributed by atoms with Gasteiger partial charge in [-0.2, -0.15) is 13.2 Å². The maximum Gasteiger partial charge on any atom is 0.426 e. The lowest BCUT2D eigenvalue weighted by Gasteiger charge is -2.20. The van der Waals surface area contributed by atoms with E-state index in [-0.39, 0.29) is 17.8 Å². The Hall–Kier alpha value is -2.68. The van der Waals surface area contributed by atoms with Crippen LogP contribution >= 0.6 is 11.9 Å². The van der Waals surface area contributed by atoms with E-state index in [4.69, 9.17) is 0 Å². The second-order valence-electron chi connectivity index (χ2n) is 6.22. The number of hydrogen-bond donors (Lipinski definition) is 2. The third-order valence-corrected chi connectivity index (χ3v) is 4.65. The zero-order valence-corrected chi connectivity index (χ0v) is 17.2. The third kappa shape index (κ3) is 7.69. The van der Waals surface area contributed by atoms with Gasteiger partial charge in [-0.15, -0.1) is 0 Å². The summed E-state index contributed by atoms with van der Waals surface area (Å²) in [4.78, 5) is 15.6. The molecule has 0 saturated heterocycles. The van der Waals surface area contributed by atoms with Crippen LogP contribution in [0.2, 0.25) is 0 Å². The molecule has 0 unspecified atom stereocenters. The lowest BCUT2D eigenvalue weighted by Crippen LogP contribution is -2.09. The summed E-state index contributed by atoms with van der Waals surface area (Å²) in [6, 6.07) is 12.4. The van der Waals surface area contributed by atoms with Gasteiger partial charge in [0.25, 0.3) is 0 Å². The van der Waals surface area contributed by atoms with E-state index in [0.29, 0.717) is 23.6 Å². The van der Waals surface area contributed by atoms with Crippen LogP contribution in [0.15, 0.2) is 52.4 Å². The van der Waals surface area contributed by atoms with Crippen molar-refractivity contribution >= 4 is 46.8 Å². The van der Waals surface area contributed by atoms with Crippen LogP contribution in [-0.2, 0) is 4.79 Å². The SMILES string of the molecule is CCCNc1ccc(N(C)Sc2ccc(NC(C)=O)cc2)cc1N=CC(F)(F)F. The fourth-order valence-electron chi connectivity index (χ4n) is 2.39. The maximum atomic E-state index is 12.6. The Morgan fingerprint density at radius 1 is 1.21 bits per heavy atom. The summed E-state index contributed by atoms with van der Waals surface area (Å²) in [5.41, 5.74) is 2.17. The van der Waals surface area contributed by atoms with E-state index in [2.05, 4.69) is 15.6 Å². The number of nitrogens with zero attached hydrogens (tertiary/aromatic N) is 2. The van der Waals surface area contributed by atoms with Gasteiger partial charge < -0.3 is 14.9 Å². The molecule has 9 heteroatoms. The molecule has 1 amide bonds. The van der Waals surface area contributed by atoms with Crippen LogP contribution in [0.1, 0.15) is 20.3 Å². The third-order valence-electron chi connectivity index (χ3n) is 3.68.